The van der Waals surface area contributed by atoms with Crippen LogP contribution in [0, 0.1) is 0 Å². The van der Waals surface area contributed by atoms with Gasteiger partial charge >= 0.3 is 6.09 Å². The van der Waals surface area contributed by atoms with E-state index in [-0.39, 0.29) is 5.91 Å². The molecule has 0 unspecified atom stereocenters. The Morgan fingerprint density at radius 2 is 1.74 bits per heavy atom. The SMILES string of the molecule is COc1ccc(CC[C@@H](NC(=O)OC(C)(C)C)C(=O)N(C)OC)cc1OC. The molecule has 0 aromatic heterocycles. The van der Waals surface area contributed by atoms with Crippen LogP contribution in [-0.4, -0.2) is 57.1 Å². The predicted molar refractivity (Wildman–Crippen MR) is 101 cm³/mol. The zero-order chi connectivity index (χ0) is 20.6. The van der Waals surface area contributed by atoms with Crippen LogP contribution >= 0.6 is 0 Å². The van der Waals surface area contributed by atoms with Gasteiger partial charge in [-0.2, -0.15) is 0 Å². The molecule has 8 heteroatoms. The van der Waals surface area contributed by atoms with Crippen molar-refractivity contribution in [1.29, 1.82) is 0 Å². The van der Waals surface area contributed by atoms with Crippen molar-refractivity contribution < 1.29 is 28.6 Å². The molecule has 0 saturated carbocycles. The highest BCUT2D eigenvalue weighted by Gasteiger charge is 2.26. The quantitative estimate of drug-likeness (QED) is 0.696. The minimum Gasteiger partial charge on any atom is -0.493 e. The maximum Gasteiger partial charge on any atom is 0.408 e. The molecule has 1 atom stereocenters. The maximum atomic E-state index is 12.5. The fraction of sp³-hybridized carbons (Fsp3) is 0.579. The van der Waals surface area contributed by atoms with Crippen molar-refractivity contribution in [2.45, 2.75) is 45.3 Å². The Kier molecular flexibility index (Phi) is 8.36. The first kappa shape index (κ1) is 22.6. The third-order valence-electron chi connectivity index (χ3n) is 3.74. The van der Waals surface area contributed by atoms with Crippen LogP contribution in [0.5, 0.6) is 11.5 Å². The van der Waals surface area contributed by atoms with Crippen LogP contribution in [0.15, 0.2) is 18.2 Å². The summed E-state index contributed by atoms with van der Waals surface area (Å²) in [5.41, 5.74) is 0.283. The molecule has 1 rings (SSSR count). The molecule has 8 nitrogen and oxygen atoms in total. The molecule has 1 aromatic rings. The number of nitrogens with one attached hydrogen (secondary N) is 1. The lowest BCUT2D eigenvalue weighted by Gasteiger charge is -2.25. The van der Waals surface area contributed by atoms with Crippen LogP contribution in [0.4, 0.5) is 4.79 Å². The Labute approximate surface area is 160 Å². The largest absolute Gasteiger partial charge is 0.493 e. The number of hydrogen-bond donors (Lipinski definition) is 1. The van der Waals surface area contributed by atoms with Crippen molar-refractivity contribution in [2.24, 2.45) is 0 Å². The van der Waals surface area contributed by atoms with Crippen molar-refractivity contribution in [3.63, 3.8) is 0 Å². The Bertz CT molecular complexity index is 642. The average molecular weight is 382 g/mol. The monoisotopic (exact) mass is 382 g/mol. The number of ether oxygens (including phenoxy) is 3. The molecular formula is C19H30N2O6. The van der Waals surface area contributed by atoms with E-state index in [1.165, 1.54) is 14.2 Å². The number of benzene rings is 1. The summed E-state index contributed by atoms with van der Waals surface area (Å²) in [6.45, 7) is 5.27. The first-order valence-corrected chi connectivity index (χ1v) is 8.63. The first-order chi connectivity index (χ1) is 12.6. The van der Waals surface area contributed by atoms with E-state index in [1.54, 1.807) is 41.1 Å². The second-order valence-electron chi connectivity index (χ2n) is 6.95. The summed E-state index contributed by atoms with van der Waals surface area (Å²) in [6.07, 6.45) is 0.239. The Morgan fingerprint density at radius 3 is 2.26 bits per heavy atom. The van der Waals surface area contributed by atoms with Crippen molar-refractivity contribution >= 4 is 12.0 Å². The third kappa shape index (κ3) is 7.34. The molecule has 0 bridgehead atoms. The van der Waals surface area contributed by atoms with E-state index in [1.807, 2.05) is 12.1 Å². The van der Waals surface area contributed by atoms with Gasteiger partial charge in [0.15, 0.2) is 11.5 Å². The summed E-state index contributed by atoms with van der Waals surface area (Å²) in [4.78, 5) is 29.6. The molecule has 0 aliphatic heterocycles. The highest BCUT2D eigenvalue weighted by molar-refractivity contribution is 5.84. The van der Waals surface area contributed by atoms with Crippen molar-refractivity contribution in [1.82, 2.24) is 10.4 Å². The van der Waals surface area contributed by atoms with Gasteiger partial charge in [-0.15, -0.1) is 0 Å². The number of carbonyl (C=O) groups excluding carboxylic acids is 2. The predicted octanol–water partition coefficient (Wildman–Crippen LogP) is 2.55. The minimum atomic E-state index is -0.794. The number of hydrogen-bond acceptors (Lipinski definition) is 6. The van der Waals surface area contributed by atoms with E-state index in [2.05, 4.69) is 5.32 Å². The molecule has 0 fully saturated rings. The van der Waals surface area contributed by atoms with Gasteiger partial charge in [0, 0.05) is 7.05 Å². The Balaban J connectivity index is 2.88. The van der Waals surface area contributed by atoms with E-state index < -0.39 is 17.7 Å². The second kappa shape index (κ2) is 10.0. The summed E-state index contributed by atoms with van der Waals surface area (Å²) in [5.74, 6) is 0.857. The van der Waals surface area contributed by atoms with Crippen molar-refractivity contribution in [3.8, 4) is 11.5 Å². The second-order valence-corrected chi connectivity index (χ2v) is 6.95. The van der Waals surface area contributed by atoms with Crippen LogP contribution in [0.25, 0.3) is 0 Å². The molecule has 0 spiro atoms. The fourth-order valence-corrected chi connectivity index (χ4v) is 2.36. The average Bonchev–Trinajstić information content (AvgIpc) is 2.61. The lowest BCUT2D eigenvalue weighted by atomic mass is 10.0. The summed E-state index contributed by atoms with van der Waals surface area (Å²) >= 11 is 0. The summed E-state index contributed by atoms with van der Waals surface area (Å²) in [7, 11) is 6.00. The third-order valence-corrected chi connectivity index (χ3v) is 3.74. The molecule has 0 radical (unpaired) electrons. The standard InChI is InChI=1S/C19H30N2O6/c1-19(2,3)27-18(23)20-14(17(22)21(4)26-7)10-8-13-9-11-15(24-5)16(12-13)25-6/h9,11-12,14H,8,10H2,1-7H3,(H,20,23)/t14-/m1/s1. The number of amides is 2. The van der Waals surface area contributed by atoms with Gasteiger partial charge in [0.2, 0.25) is 0 Å². The topological polar surface area (TPSA) is 86.3 Å². The van der Waals surface area contributed by atoms with Gasteiger partial charge < -0.3 is 19.5 Å². The Hall–Kier alpha value is -2.48. The molecular weight excluding hydrogens is 352 g/mol. The lowest BCUT2D eigenvalue weighted by molar-refractivity contribution is -0.171. The normalized spacial score (nSPS) is 12.1. The number of hydroxylamine groups is 2. The zero-order valence-electron chi connectivity index (χ0n) is 17.1. The van der Waals surface area contributed by atoms with E-state index in [9.17, 15) is 9.59 Å². The Morgan fingerprint density at radius 1 is 1.11 bits per heavy atom. The van der Waals surface area contributed by atoms with Crippen LogP contribution < -0.4 is 14.8 Å². The van der Waals surface area contributed by atoms with E-state index in [4.69, 9.17) is 19.0 Å². The number of carbonyl (C=O) groups is 2. The van der Waals surface area contributed by atoms with E-state index >= 15 is 0 Å². The van der Waals surface area contributed by atoms with Crippen molar-refractivity contribution in [2.75, 3.05) is 28.4 Å². The summed E-state index contributed by atoms with van der Waals surface area (Å²) in [6, 6.07) is 4.73. The summed E-state index contributed by atoms with van der Waals surface area (Å²) in [5, 5.41) is 3.70. The fourth-order valence-electron chi connectivity index (χ4n) is 2.36. The van der Waals surface area contributed by atoms with Crippen molar-refractivity contribution in [3.05, 3.63) is 23.8 Å². The van der Waals surface area contributed by atoms with Gasteiger partial charge in [0.25, 0.3) is 5.91 Å². The lowest BCUT2D eigenvalue weighted by Crippen LogP contribution is -2.48. The van der Waals surface area contributed by atoms with Gasteiger partial charge in [-0.1, -0.05) is 6.07 Å². The highest BCUT2D eigenvalue weighted by atomic mass is 16.7. The molecule has 2 amide bonds. The van der Waals surface area contributed by atoms with Gasteiger partial charge in [-0.25, -0.2) is 9.86 Å². The smallest absolute Gasteiger partial charge is 0.408 e. The maximum absolute atomic E-state index is 12.5. The van der Waals surface area contributed by atoms with Gasteiger partial charge in [-0.05, 0) is 51.3 Å². The number of likely N-dealkylation sites (N-methyl/N-ethyl adjacent to an activating group) is 1. The molecule has 0 saturated heterocycles. The molecule has 0 aliphatic carbocycles. The van der Waals surface area contributed by atoms with E-state index in [0.29, 0.717) is 24.3 Å². The van der Waals surface area contributed by atoms with Gasteiger partial charge in [0.1, 0.15) is 11.6 Å². The van der Waals surface area contributed by atoms with Crippen LogP contribution in [0.2, 0.25) is 0 Å². The minimum absolute atomic E-state index is 0.362. The molecule has 1 N–H and O–H groups in total. The molecule has 0 aliphatic rings. The number of alkyl carbamates (subject to hydrolysis) is 1. The highest BCUT2D eigenvalue weighted by Crippen LogP contribution is 2.28. The molecule has 27 heavy (non-hydrogen) atoms. The van der Waals surface area contributed by atoms with Crippen LogP contribution in [-0.2, 0) is 20.8 Å². The van der Waals surface area contributed by atoms with Gasteiger partial charge in [-0.3, -0.25) is 9.63 Å². The number of methoxy groups -OCH3 is 2. The van der Waals surface area contributed by atoms with E-state index in [0.717, 1.165) is 10.6 Å². The number of rotatable bonds is 8. The zero-order valence-corrected chi connectivity index (χ0v) is 17.1. The van der Waals surface area contributed by atoms with Gasteiger partial charge in [0.05, 0.1) is 21.3 Å². The number of nitrogens with zero attached hydrogens (tertiary/aromatic N) is 1. The van der Waals surface area contributed by atoms with Crippen LogP contribution in [0.1, 0.15) is 32.8 Å². The molecule has 1 aromatic carbocycles. The summed E-state index contributed by atoms with van der Waals surface area (Å²) < 4.78 is 15.8. The first-order valence-electron chi connectivity index (χ1n) is 8.63. The van der Waals surface area contributed by atoms with Crippen LogP contribution in [0.3, 0.4) is 0 Å². The molecule has 152 valence electrons. The number of aryl methyl sites for hydroxylation is 1. The molecule has 0 heterocycles.